The van der Waals surface area contributed by atoms with Crippen molar-refractivity contribution in [3.8, 4) is 0 Å². The van der Waals surface area contributed by atoms with Crippen LogP contribution in [0.15, 0.2) is 16.6 Å². The molecule has 0 aliphatic rings. The number of carbonyl (C=O) groups excluding carboxylic acids is 2. The number of thioether (sulfide) groups is 1. The van der Waals surface area contributed by atoms with Gasteiger partial charge in [-0.15, -0.1) is 11.8 Å². The summed E-state index contributed by atoms with van der Waals surface area (Å²) in [7, 11) is 3.50. The molecule has 4 N–H and O–H groups in total. The Hall–Kier alpha value is -1.91. The average molecular weight is 354 g/mol. The van der Waals surface area contributed by atoms with E-state index in [1.54, 1.807) is 31.2 Å². The molecular formula is C13H18N6O2S2. The van der Waals surface area contributed by atoms with E-state index in [4.69, 9.17) is 5.73 Å². The van der Waals surface area contributed by atoms with Crippen LogP contribution >= 0.6 is 23.1 Å². The van der Waals surface area contributed by atoms with Crippen molar-refractivity contribution >= 4 is 40.0 Å². The highest BCUT2D eigenvalue weighted by Crippen LogP contribution is 2.32. The molecule has 0 aliphatic carbocycles. The van der Waals surface area contributed by atoms with Crippen LogP contribution in [0.4, 0.5) is 5.13 Å². The fraction of sp³-hybridized carbons (Fsp3) is 0.385. The fourth-order valence-electron chi connectivity index (χ4n) is 1.92. The molecule has 0 saturated heterocycles. The molecule has 2 rings (SSSR count). The topological polar surface area (TPSA) is 115 Å². The number of nitrogens with two attached hydrogens (primary N) is 1. The summed E-state index contributed by atoms with van der Waals surface area (Å²) in [5, 5.41) is 10.3. The van der Waals surface area contributed by atoms with E-state index < -0.39 is 6.04 Å². The number of anilines is 1. The zero-order valence-electron chi connectivity index (χ0n) is 13.0. The first-order chi connectivity index (χ1) is 10.9. The molecule has 0 aromatic carbocycles. The van der Waals surface area contributed by atoms with E-state index in [1.807, 2.05) is 6.92 Å². The van der Waals surface area contributed by atoms with Gasteiger partial charge in [0.2, 0.25) is 11.8 Å². The second-order valence-electron chi connectivity index (χ2n) is 4.81. The zero-order valence-corrected chi connectivity index (χ0v) is 14.6. The Bertz CT molecular complexity index is 711. The van der Waals surface area contributed by atoms with E-state index in [0.29, 0.717) is 5.13 Å². The minimum Gasteiger partial charge on any atom is -0.369 e. The van der Waals surface area contributed by atoms with E-state index in [1.165, 1.54) is 23.1 Å². The van der Waals surface area contributed by atoms with Gasteiger partial charge in [0, 0.05) is 18.8 Å². The van der Waals surface area contributed by atoms with E-state index in [9.17, 15) is 9.59 Å². The number of carbonyl (C=O) groups is 2. The Morgan fingerprint density at radius 3 is 2.83 bits per heavy atom. The van der Waals surface area contributed by atoms with Gasteiger partial charge in [-0.05, 0) is 14.0 Å². The number of aromatic nitrogens is 3. The number of aryl methyl sites for hydroxylation is 2. The van der Waals surface area contributed by atoms with Crippen LogP contribution in [0.25, 0.3) is 0 Å². The van der Waals surface area contributed by atoms with E-state index in [0.717, 1.165) is 15.5 Å². The van der Waals surface area contributed by atoms with Gasteiger partial charge in [-0.2, -0.15) is 5.10 Å². The standard InChI is InChI=1S/C13H18N6O2S2/c1-7-12(22-6-9(14)20)23-13(17-7)18-11(21)10(15-2)8-4-16-19(3)5-8/h4-5,10,15H,6H2,1-3H3,(H2,14,20)(H,17,18,21). The van der Waals surface area contributed by atoms with Crippen molar-refractivity contribution in [1.29, 1.82) is 0 Å². The summed E-state index contributed by atoms with van der Waals surface area (Å²) in [6.45, 7) is 1.83. The van der Waals surface area contributed by atoms with Gasteiger partial charge in [0.25, 0.3) is 0 Å². The molecule has 0 fully saturated rings. The number of primary amides is 1. The molecule has 8 nitrogen and oxygen atoms in total. The highest BCUT2D eigenvalue weighted by molar-refractivity contribution is 8.01. The van der Waals surface area contributed by atoms with Gasteiger partial charge in [-0.25, -0.2) is 4.98 Å². The summed E-state index contributed by atoms with van der Waals surface area (Å²) in [5.74, 6) is -0.425. The predicted molar refractivity (Wildman–Crippen MR) is 90.4 cm³/mol. The Morgan fingerprint density at radius 2 is 2.26 bits per heavy atom. The molecule has 2 amide bonds. The van der Waals surface area contributed by atoms with Crippen LogP contribution in [-0.4, -0.2) is 39.4 Å². The molecule has 23 heavy (non-hydrogen) atoms. The molecule has 0 radical (unpaired) electrons. The van der Waals surface area contributed by atoms with Crippen LogP contribution in [0.2, 0.25) is 0 Å². The van der Waals surface area contributed by atoms with Gasteiger partial charge in [-0.3, -0.25) is 14.3 Å². The lowest BCUT2D eigenvalue weighted by Gasteiger charge is -2.12. The van der Waals surface area contributed by atoms with Gasteiger partial charge in [0.15, 0.2) is 5.13 Å². The average Bonchev–Trinajstić information content (AvgIpc) is 3.04. The second-order valence-corrected chi connectivity index (χ2v) is 7.05. The van der Waals surface area contributed by atoms with E-state index in [-0.39, 0.29) is 17.6 Å². The van der Waals surface area contributed by atoms with Crippen LogP contribution in [-0.2, 0) is 16.6 Å². The number of likely N-dealkylation sites (N-methyl/N-ethyl adjacent to an activating group) is 1. The first kappa shape index (κ1) is 17.4. The molecule has 10 heteroatoms. The lowest BCUT2D eigenvalue weighted by Crippen LogP contribution is -2.30. The van der Waals surface area contributed by atoms with Gasteiger partial charge in [0.05, 0.1) is 21.9 Å². The van der Waals surface area contributed by atoms with Crippen molar-refractivity contribution in [3.63, 3.8) is 0 Å². The Morgan fingerprint density at radius 1 is 1.52 bits per heavy atom. The van der Waals surface area contributed by atoms with Crippen molar-refractivity contribution in [1.82, 2.24) is 20.1 Å². The summed E-state index contributed by atoms with van der Waals surface area (Å²) in [4.78, 5) is 27.6. The lowest BCUT2D eigenvalue weighted by molar-refractivity contribution is -0.118. The normalized spacial score (nSPS) is 12.1. The van der Waals surface area contributed by atoms with Crippen molar-refractivity contribution in [3.05, 3.63) is 23.7 Å². The first-order valence-electron chi connectivity index (χ1n) is 6.76. The lowest BCUT2D eigenvalue weighted by atomic mass is 10.1. The molecule has 1 unspecified atom stereocenters. The zero-order chi connectivity index (χ0) is 17.0. The molecule has 124 valence electrons. The number of thiazole rings is 1. The van der Waals surface area contributed by atoms with Crippen molar-refractivity contribution in [2.75, 3.05) is 18.1 Å². The van der Waals surface area contributed by atoms with Crippen LogP contribution in [0.3, 0.4) is 0 Å². The van der Waals surface area contributed by atoms with Crippen molar-refractivity contribution in [2.24, 2.45) is 12.8 Å². The molecule has 0 saturated carbocycles. The highest BCUT2D eigenvalue weighted by atomic mass is 32.2. The smallest absolute Gasteiger partial charge is 0.247 e. The summed E-state index contributed by atoms with van der Waals surface area (Å²) in [6, 6.07) is -0.519. The third-order valence-corrected chi connectivity index (χ3v) is 5.40. The van der Waals surface area contributed by atoms with E-state index >= 15 is 0 Å². The molecule has 0 spiro atoms. The van der Waals surface area contributed by atoms with Crippen molar-refractivity contribution in [2.45, 2.75) is 17.2 Å². The molecule has 0 bridgehead atoms. The van der Waals surface area contributed by atoms with Crippen molar-refractivity contribution < 1.29 is 9.59 Å². The summed E-state index contributed by atoms with van der Waals surface area (Å²) in [6.07, 6.45) is 3.42. The summed E-state index contributed by atoms with van der Waals surface area (Å²) < 4.78 is 2.50. The molecule has 0 aliphatic heterocycles. The van der Waals surface area contributed by atoms with Crippen LogP contribution < -0.4 is 16.4 Å². The predicted octanol–water partition coefficient (Wildman–Crippen LogP) is 0.662. The van der Waals surface area contributed by atoms with Crippen LogP contribution in [0, 0.1) is 6.92 Å². The number of nitrogens with one attached hydrogen (secondary N) is 2. The maximum atomic E-state index is 12.4. The monoisotopic (exact) mass is 354 g/mol. The second kappa shape index (κ2) is 7.57. The number of nitrogens with zero attached hydrogens (tertiary/aromatic N) is 3. The maximum Gasteiger partial charge on any atom is 0.247 e. The minimum atomic E-state index is -0.519. The van der Waals surface area contributed by atoms with E-state index in [2.05, 4.69) is 20.7 Å². The third-order valence-electron chi connectivity index (χ3n) is 2.94. The molecular weight excluding hydrogens is 336 g/mol. The van der Waals surface area contributed by atoms with Gasteiger partial charge in [0.1, 0.15) is 6.04 Å². The van der Waals surface area contributed by atoms with Gasteiger partial charge in [-0.1, -0.05) is 11.3 Å². The largest absolute Gasteiger partial charge is 0.369 e. The van der Waals surface area contributed by atoms with Gasteiger partial charge >= 0.3 is 0 Å². The number of hydrogen-bond donors (Lipinski definition) is 3. The number of rotatable bonds is 7. The number of hydrogen-bond acceptors (Lipinski definition) is 7. The van der Waals surface area contributed by atoms with Crippen LogP contribution in [0.5, 0.6) is 0 Å². The molecule has 2 heterocycles. The number of amides is 2. The van der Waals surface area contributed by atoms with Crippen LogP contribution in [0.1, 0.15) is 17.3 Å². The molecule has 2 aromatic rings. The highest BCUT2D eigenvalue weighted by Gasteiger charge is 2.21. The molecule has 2 aromatic heterocycles. The third kappa shape index (κ3) is 4.53. The van der Waals surface area contributed by atoms with Gasteiger partial charge < -0.3 is 16.4 Å². The Kier molecular flexibility index (Phi) is 5.74. The summed E-state index contributed by atoms with van der Waals surface area (Å²) >= 11 is 2.64. The molecule has 1 atom stereocenters. The Labute approximate surface area is 141 Å². The fourth-order valence-corrected chi connectivity index (χ4v) is 3.80. The SMILES string of the molecule is CNC(C(=O)Nc1nc(C)c(SCC(N)=O)s1)c1cnn(C)c1. The summed E-state index contributed by atoms with van der Waals surface area (Å²) in [5.41, 5.74) is 6.67. The first-order valence-corrected chi connectivity index (χ1v) is 8.56. The maximum absolute atomic E-state index is 12.4. The quantitative estimate of drug-likeness (QED) is 0.629. The minimum absolute atomic E-state index is 0.186. The Balaban J connectivity index is 2.07.